The van der Waals surface area contributed by atoms with Crippen LogP contribution >= 0.6 is 0 Å². The van der Waals surface area contributed by atoms with Crippen LogP contribution in [0.2, 0.25) is 0 Å². The van der Waals surface area contributed by atoms with Gasteiger partial charge in [0.1, 0.15) is 23.6 Å². The smallest absolute Gasteiger partial charge is 0.383 e. The quantitative estimate of drug-likeness (QED) is 0.193. The molecule has 0 radical (unpaired) electrons. The number of hydrogen-bond donors (Lipinski definition) is 3. The fraction of sp³-hybridized carbons (Fsp3) is 0.406. The van der Waals surface area contributed by atoms with E-state index in [1.54, 1.807) is 0 Å². The van der Waals surface area contributed by atoms with Gasteiger partial charge in [-0.25, -0.2) is 19.2 Å². The second-order valence-electron chi connectivity index (χ2n) is 12.3. The van der Waals surface area contributed by atoms with Crippen LogP contribution in [0.5, 0.6) is 0 Å². The number of anilines is 3. The maximum Gasteiger partial charge on any atom is 0.416 e. The van der Waals surface area contributed by atoms with Crippen molar-refractivity contribution in [3.05, 3.63) is 65.9 Å². The molecule has 0 spiro atoms. The fourth-order valence-electron chi connectivity index (χ4n) is 6.59. The molecule has 1 saturated heterocycles. The van der Waals surface area contributed by atoms with Gasteiger partial charge in [-0.15, -0.1) is 0 Å². The molecule has 4 aromatic rings. The van der Waals surface area contributed by atoms with Gasteiger partial charge in [0.25, 0.3) is 0 Å². The van der Waals surface area contributed by atoms with Gasteiger partial charge >= 0.3 is 18.4 Å². The van der Waals surface area contributed by atoms with Crippen molar-refractivity contribution in [2.75, 3.05) is 49.6 Å². The first-order valence-corrected chi connectivity index (χ1v) is 15.4. The summed E-state index contributed by atoms with van der Waals surface area (Å²) >= 11 is 0. The van der Waals surface area contributed by atoms with E-state index in [-0.39, 0.29) is 23.6 Å². The summed E-state index contributed by atoms with van der Waals surface area (Å²) in [5.41, 5.74) is 3.54. The third-order valence-corrected chi connectivity index (χ3v) is 9.13. The van der Waals surface area contributed by atoms with Crippen LogP contribution in [-0.2, 0) is 12.4 Å². The van der Waals surface area contributed by atoms with E-state index in [0.717, 1.165) is 57.9 Å². The fourth-order valence-corrected chi connectivity index (χ4v) is 6.59. The van der Waals surface area contributed by atoms with Gasteiger partial charge in [0, 0.05) is 55.7 Å². The Labute approximate surface area is 270 Å². The van der Waals surface area contributed by atoms with E-state index in [1.807, 2.05) is 11.5 Å². The number of nitrogens with zero attached hydrogens (tertiary/aromatic N) is 5. The summed E-state index contributed by atoms with van der Waals surface area (Å²) in [6, 6.07) is 3.97. The Morgan fingerprint density at radius 2 is 1.48 bits per heavy atom. The molecule has 2 amide bonds. The number of hydrogen-bond acceptors (Lipinski definition) is 6. The van der Waals surface area contributed by atoms with Crippen molar-refractivity contribution in [1.29, 1.82) is 0 Å². The van der Waals surface area contributed by atoms with Gasteiger partial charge in [0.05, 0.1) is 22.2 Å². The van der Waals surface area contributed by atoms with Crippen molar-refractivity contribution in [2.24, 2.45) is 0 Å². The predicted molar refractivity (Wildman–Crippen MR) is 167 cm³/mol. The molecule has 0 atom stereocenters. The number of carbonyl (C=O) groups is 1. The summed E-state index contributed by atoms with van der Waals surface area (Å²) in [5, 5.41) is 4.61. The maximum absolute atomic E-state index is 15.4. The zero-order valence-corrected chi connectivity index (χ0v) is 25.8. The minimum atomic E-state index is -5.10. The van der Waals surface area contributed by atoms with Crippen molar-refractivity contribution in [3.63, 3.8) is 0 Å². The first kappa shape index (κ1) is 33.5. The van der Waals surface area contributed by atoms with E-state index in [2.05, 4.69) is 36.7 Å². The Morgan fingerprint density at radius 1 is 0.854 bits per heavy atom. The highest BCUT2D eigenvalue weighted by molar-refractivity contribution is 6.02. The number of nitrogens with one attached hydrogen (secondary N) is 2. The summed E-state index contributed by atoms with van der Waals surface area (Å²) in [6.45, 7) is 4.20. The van der Waals surface area contributed by atoms with Gasteiger partial charge in [-0.05, 0) is 68.6 Å². The lowest BCUT2D eigenvalue weighted by Crippen LogP contribution is -2.49. The molecule has 3 heterocycles. The molecule has 2 fully saturated rings. The number of carbonyl (C=O) groups excluding carboxylic acids is 1. The zero-order valence-electron chi connectivity index (χ0n) is 25.8. The van der Waals surface area contributed by atoms with Gasteiger partial charge in [0.2, 0.25) is 0 Å². The first-order valence-electron chi connectivity index (χ1n) is 15.4. The number of benzene rings is 2. The molecule has 1 aliphatic carbocycles. The third kappa shape index (κ3) is 7.04. The number of alkyl halides is 6. The maximum atomic E-state index is 15.4. The Kier molecular flexibility index (Phi) is 8.98. The Hall–Kier alpha value is -4.44. The molecular weight excluding hydrogens is 645 g/mol. The van der Waals surface area contributed by atoms with Crippen LogP contribution < -0.4 is 16.4 Å². The average Bonchev–Trinajstić information content (AvgIpc) is 3.42. The van der Waals surface area contributed by atoms with Crippen LogP contribution in [0.3, 0.4) is 0 Å². The Balaban J connectivity index is 1.20. The summed E-state index contributed by atoms with van der Waals surface area (Å²) in [4.78, 5) is 26.1. The normalized spacial score (nSPS) is 19.8. The molecule has 6 rings (SSSR count). The Morgan fingerprint density at radius 3 is 2.08 bits per heavy atom. The monoisotopic (exact) mass is 678 g/mol. The van der Waals surface area contributed by atoms with E-state index < -0.39 is 41.0 Å². The molecular formula is C32H33F7N8O. The molecule has 9 nitrogen and oxygen atoms in total. The minimum Gasteiger partial charge on any atom is -0.383 e. The summed E-state index contributed by atoms with van der Waals surface area (Å²) in [5.74, 6) is -0.687. The number of urea groups is 1. The minimum absolute atomic E-state index is 0.0597. The number of fused-ring (bicyclic) bond motifs is 1. The predicted octanol–water partition coefficient (Wildman–Crippen LogP) is 7.23. The average molecular weight is 679 g/mol. The number of rotatable bonds is 5. The summed E-state index contributed by atoms with van der Waals surface area (Å²) < 4.78 is 96.7. The molecule has 16 heteroatoms. The van der Waals surface area contributed by atoms with Crippen LogP contribution in [0, 0.1) is 5.82 Å². The molecule has 256 valence electrons. The van der Waals surface area contributed by atoms with Crippen molar-refractivity contribution >= 4 is 34.3 Å². The lowest BCUT2D eigenvalue weighted by Gasteiger charge is -2.41. The number of nitrogen functional groups attached to an aromatic ring is 1. The van der Waals surface area contributed by atoms with E-state index >= 15 is 4.39 Å². The second-order valence-corrected chi connectivity index (χ2v) is 12.3. The lowest BCUT2D eigenvalue weighted by molar-refractivity contribution is -0.143. The van der Waals surface area contributed by atoms with Crippen molar-refractivity contribution in [2.45, 2.75) is 50.1 Å². The van der Waals surface area contributed by atoms with E-state index in [1.165, 1.54) is 18.5 Å². The highest BCUT2D eigenvalue weighted by Gasteiger charge is 2.37. The molecule has 0 bridgehead atoms. The molecule has 2 aliphatic rings. The number of amides is 2. The second kappa shape index (κ2) is 12.9. The third-order valence-electron chi connectivity index (χ3n) is 9.13. The number of halogens is 7. The number of likely N-dealkylation sites (N-methyl/N-ethyl adjacent to an activating group) is 1. The van der Waals surface area contributed by atoms with Crippen LogP contribution in [0.1, 0.15) is 42.9 Å². The summed E-state index contributed by atoms with van der Waals surface area (Å²) in [7, 11) is 2.13. The largest absolute Gasteiger partial charge is 0.416 e. The van der Waals surface area contributed by atoms with E-state index in [9.17, 15) is 31.1 Å². The van der Waals surface area contributed by atoms with Gasteiger partial charge in [-0.2, -0.15) is 26.3 Å². The van der Waals surface area contributed by atoms with Crippen LogP contribution in [0.4, 0.5) is 52.7 Å². The molecule has 2 aromatic carbocycles. The first-order chi connectivity index (χ1) is 22.7. The SMILES string of the molecule is CN1CCN(C2CCC(n3cc(-c4ccc(NC(=O)Nc5cc(C(F)(F)F)cc(C(F)(F)F)c5)c(F)c4)c4c(N)ncnc43)CC2)CC1. The van der Waals surface area contributed by atoms with Crippen molar-refractivity contribution in [3.8, 4) is 11.1 Å². The highest BCUT2D eigenvalue weighted by Crippen LogP contribution is 2.40. The van der Waals surface area contributed by atoms with Crippen LogP contribution in [0.15, 0.2) is 48.9 Å². The molecule has 0 unspecified atom stereocenters. The number of nitrogens with two attached hydrogens (primary N) is 1. The number of piperazine rings is 1. The van der Waals surface area contributed by atoms with Gasteiger partial charge in [0.15, 0.2) is 0 Å². The molecule has 4 N–H and O–H groups in total. The highest BCUT2D eigenvalue weighted by atomic mass is 19.4. The Bertz CT molecular complexity index is 1770. The van der Waals surface area contributed by atoms with Crippen molar-refractivity contribution in [1.82, 2.24) is 24.3 Å². The molecule has 1 saturated carbocycles. The van der Waals surface area contributed by atoms with E-state index in [4.69, 9.17) is 5.73 Å². The van der Waals surface area contributed by atoms with Crippen LogP contribution in [-0.4, -0.2) is 69.6 Å². The van der Waals surface area contributed by atoms with Gasteiger partial charge < -0.3 is 25.8 Å². The van der Waals surface area contributed by atoms with Crippen molar-refractivity contribution < 1.29 is 35.5 Å². The van der Waals surface area contributed by atoms with Gasteiger partial charge in [-0.1, -0.05) is 6.07 Å². The molecule has 48 heavy (non-hydrogen) atoms. The van der Waals surface area contributed by atoms with Crippen LogP contribution in [0.25, 0.3) is 22.2 Å². The summed E-state index contributed by atoms with van der Waals surface area (Å²) in [6.07, 6.45) is -3.05. The standard InChI is InChI=1S/C32H33F7N8O/c1-45-8-10-46(11-9-45)22-3-5-23(6-4-22)47-16-24(27-28(40)41-17-42-29(27)47)18-2-7-26(25(33)12-18)44-30(48)43-21-14-19(31(34,35)36)13-20(15-21)32(37,38)39/h2,7,12-17,22-23H,3-6,8-11H2,1H3,(H2,40,41,42)(H2,43,44,48). The lowest BCUT2D eigenvalue weighted by atomic mass is 9.89. The van der Waals surface area contributed by atoms with E-state index in [0.29, 0.717) is 40.3 Å². The number of aromatic nitrogens is 3. The molecule has 1 aliphatic heterocycles. The molecule has 2 aromatic heterocycles. The van der Waals surface area contributed by atoms with Gasteiger partial charge in [-0.3, -0.25) is 4.90 Å². The zero-order chi connectivity index (χ0) is 34.4. The topological polar surface area (TPSA) is 104 Å².